The van der Waals surface area contributed by atoms with Gasteiger partial charge in [-0.25, -0.2) is 4.79 Å². The first-order valence-corrected chi connectivity index (χ1v) is 6.77. The summed E-state index contributed by atoms with van der Waals surface area (Å²) in [6.45, 7) is 1.90. The highest BCUT2D eigenvalue weighted by Crippen LogP contribution is 2.40. The summed E-state index contributed by atoms with van der Waals surface area (Å²) in [5.74, 6) is -0.292. The minimum absolute atomic E-state index is 0.292. The molecule has 2 N–H and O–H groups in total. The van der Waals surface area contributed by atoms with Crippen molar-refractivity contribution < 1.29 is 9.53 Å². The molecule has 0 amide bonds. The average Bonchev–Trinajstić information content (AvgIpc) is 2.41. The zero-order chi connectivity index (χ0) is 13.7. The average molecular weight is 262 g/mol. The van der Waals surface area contributed by atoms with Crippen molar-refractivity contribution >= 4 is 11.7 Å². The molecule has 1 saturated carbocycles. The fraction of sp³-hybridized carbons (Fsp3) is 0.533. The number of hydrogen-bond donors (Lipinski definition) is 2. The third-order valence-corrected chi connectivity index (χ3v) is 3.95. The van der Waals surface area contributed by atoms with E-state index >= 15 is 0 Å². The zero-order valence-electron chi connectivity index (χ0n) is 11.7. The van der Waals surface area contributed by atoms with Crippen molar-refractivity contribution in [3.63, 3.8) is 0 Å². The van der Waals surface area contributed by atoms with E-state index in [4.69, 9.17) is 4.74 Å². The Morgan fingerprint density at radius 1 is 1.32 bits per heavy atom. The summed E-state index contributed by atoms with van der Waals surface area (Å²) in [6, 6.07) is 7.50. The van der Waals surface area contributed by atoms with E-state index in [0.29, 0.717) is 11.0 Å². The Hall–Kier alpha value is -1.55. The van der Waals surface area contributed by atoms with E-state index in [9.17, 15) is 4.79 Å². The third-order valence-electron chi connectivity index (χ3n) is 3.95. The van der Waals surface area contributed by atoms with Gasteiger partial charge in [-0.1, -0.05) is 18.6 Å². The largest absolute Gasteiger partial charge is 0.465 e. The summed E-state index contributed by atoms with van der Waals surface area (Å²) in [6.07, 6.45) is 3.77. The monoisotopic (exact) mass is 262 g/mol. The molecular weight excluding hydrogens is 240 g/mol. The molecule has 104 valence electrons. The number of ether oxygens (including phenoxy) is 1. The van der Waals surface area contributed by atoms with Crippen LogP contribution < -0.4 is 10.6 Å². The predicted octanol–water partition coefficient (Wildman–Crippen LogP) is 2.27. The van der Waals surface area contributed by atoms with Crippen LogP contribution in [0, 0.1) is 5.41 Å². The molecule has 0 saturated heterocycles. The Morgan fingerprint density at radius 3 is 2.63 bits per heavy atom. The van der Waals surface area contributed by atoms with Crippen LogP contribution in [0.2, 0.25) is 0 Å². The lowest BCUT2D eigenvalue weighted by Crippen LogP contribution is -2.44. The van der Waals surface area contributed by atoms with Gasteiger partial charge in [0, 0.05) is 24.2 Å². The topological polar surface area (TPSA) is 50.4 Å². The summed E-state index contributed by atoms with van der Waals surface area (Å²) < 4.78 is 4.81. The Kier molecular flexibility index (Phi) is 4.43. The van der Waals surface area contributed by atoms with Crippen molar-refractivity contribution in [3.05, 3.63) is 29.8 Å². The number of methoxy groups -OCH3 is 1. The number of para-hydroxylation sites is 1. The molecule has 0 atom stereocenters. The minimum Gasteiger partial charge on any atom is -0.465 e. The van der Waals surface area contributed by atoms with Gasteiger partial charge in [0.2, 0.25) is 0 Å². The van der Waals surface area contributed by atoms with Gasteiger partial charge in [0.1, 0.15) is 0 Å². The maximum absolute atomic E-state index is 11.7. The number of anilines is 1. The first-order chi connectivity index (χ1) is 9.21. The van der Waals surface area contributed by atoms with Gasteiger partial charge in [0.05, 0.1) is 12.7 Å². The van der Waals surface area contributed by atoms with E-state index in [1.165, 1.54) is 26.4 Å². The molecule has 19 heavy (non-hydrogen) atoms. The van der Waals surface area contributed by atoms with Gasteiger partial charge in [-0.15, -0.1) is 0 Å². The molecule has 4 nitrogen and oxygen atoms in total. The Bertz CT molecular complexity index is 442. The Morgan fingerprint density at radius 2 is 2.05 bits per heavy atom. The highest BCUT2D eigenvalue weighted by molar-refractivity contribution is 5.95. The highest BCUT2D eigenvalue weighted by Gasteiger charge is 2.36. The van der Waals surface area contributed by atoms with Gasteiger partial charge in [0.15, 0.2) is 0 Å². The van der Waals surface area contributed by atoms with Crippen molar-refractivity contribution in [2.75, 3.05) is 32.6 Å². The fourth-order valence-electron chi connectivity index (χ4n) is 2.68. The van der Waals surface area contributed by atoms with Crippen LogP contribution in [0.4, 0.5) is 5.69 Å². The van der Waals surface area contributed by atoms with E-state index in [2.05, 4.69) is 10.6 Å². The van der Waals surface area contributed by atoms with Crippen molar-refractivity contribution in [3.8, 4) is 0 Å². The van der Waals surface area contributed by atoms with Crippen LogP contribution in [0.1, 0.15) is 29.6 Å². The van der Waals surface area contributed by atoms with E-state index in [-0.39, 0.29) is 5.97 Å². The van der Waals surface area contributed by atoms with Crippen LogP contribution in [0.3, 0.4) is 0 Å². The number of carbonyl (C=O) groups is 1. The lowest BCUT2D eigenvalue weighted by molar-refractivity contribution is 0.0601. The first kappa shape index (κ1) is 13.9. The van der Waals surface area contributed by atoms with Crippen LogP contribution in [0.25, 0.3) is 0 Å². The third kappa shape index (κ3) is 3.07. The SMILES string of the molecule is CNCC1(CNc2ccccc2C(=O)OC)CCC1. The summed E-state index contributed by atoms with van der Waals surface area (Å²) in [5.41, 5.74) is 1.79. The second kappa shape index (κ2) is 6.06. The fourth-order valence-corrected chi connectivity index (χ4v) is 2.68. The van der Waals surface area contributed by atoms with E-state index < -0.39 is 0 Å². The Balaban J connectivity index is 2.05. The van der Waals surface area contributed by atoms with Gasteiger partial charge in [-0.05, 0) is 32.0 Å². The molecule has 0 radical (unpaired) electrons. The van der Waals surface area contributed by atoms with Crippen LogP contribution in [-0.4, -0.2) is 33.2 Å². The Labute approximate surface area is 114 Å². The molecule has 0 aliphatic heterocycles. The van der Waals surface area contributed by atoms with E-state index in [0.717, 1.165) is 18.8 Å². The molecule has 1 fully saturated rings. The van der Waals surface area contributed by atoms with Gasteiger partial charge >= 0.3 is 5.97 Å². The maximum atomic E-state index is 11.7. The number of hydrogen-bond acceptors (Lipinski definition) is 4. The normalized spacial score (nSPS) is 16.5. The smallest absolute Gasteiger partial charge is 0.339 e. The summed E-state index contributed by atoms with van der Waals surface area (Å²) >= 11 is 0. The lowest BCUT2D eigenvalue weighted by atomic mass is 9.68. The number of carbonyl (C=O) groups excluding carboxylic acids is 1. The number of esters is 1. The standard InChI is InChI=1S/C15H22N2O2/c1-16-10-15(8-5-9-15)11-17-13-7-4-3-6-12(13)14(18)19-2/h3-4,6-7,16-17H,5,8-11H2,1-2H3. The quantitative estimate of drug-likeness (QED) is 0.772. The van der Waals surface area contributed by atoms with Gasteiger partial charge in [-0.3, -0.25) is 0 Å². The highest BCUT2D eigenvalue weighted by atomic mass is 16.5. The van der Waals surface area contributed by atoms with Crippen LogP contribution in [0.15, 0.2) is 24.3 Å². The molecule has 0 aromatic heterocycles. The molecule has 1 aliphatic carbocycles. The molecule has 0 spiro atoms. The zero-order valence-corrected chi connectivity index (χ0v) is 11.7. The molecule has 1 aromatic rings. The van der Waals surface area contributed by atoms with E-state index in [1.54, 1.807) is 6.07 Å². The van der Waals surface area contributed by atoms with Crippen molar-refractivity contribution in [2.45, 2.75) is 19.3 Å². The molecule has 0 bridgehead atoms. The predicted molar refractivity (Wildman–Crippen MR) is 76.5 cm³/mol. The molecule has 1 aliphatic rings. The lowest BCUT2D eigenvalue weighted by Gasteiger charge is -2.42. The molecule has 2 rings (SSSR count). The maximum Gasteiger partial charge on any atom is 0.339 e. The molecule has 1 aromatic carbocycles. The van der Waals surface area contributed by atoms with Crippen molar-refractivity contribution in [2.24, 2.45) is 5.41 Å². The van der Waals surface area contributed by atoms with Crippen LogP contribution in [-0.2, 0) is 4.74 Å². The summed E-state index contributed by atoms with van der Waals surface area (Å²) in [5, 5.41) is 6.68. The van der Waals surface area contributed by atoms with E-state index in [1.807, 2.05) is 25.2 Å². The summed E-state index contributed by atoms with van der Waals surface area (Å²) in [4.78, 5) is 11.7. The second-order valence-electron chi connectivity index (χ2n) is 5.27. The molecular formula is C15H22N2O2. The summed E-state index contributed by atoms with van der Waals surface area (Å²) in [7, 11) is 3.40. The molecule has 0 unspecified atom stereocenters. The number of benzene rings is 1. The minimum atomic E-state index is -0.292. The first-order valence-electron chi connectivity index (χ1n) is 6.77. The number of nitrogens with one attached hydrogen (secondary N) is 2. The van der Waals surface area contributed by atoms with Gasteiger partial charge in [-0.2, -0.15) is 0 Å². The van der Waals surface area contributed by atoms with Crippen LogP contribution in [0.5, 0.6) is 0 Å². The molecule has 0 heterocycles. The van der Waals surface area contributed by atoms with Gasteiger partial charge < -0.3 is 15.4 Å². The molecule has 4 heteroatoms. The van der Waals surface area contributed by atoms with Crippen LogP contribution >= 0.6 is 0 Å². The van der Waals surface area contributed by atoms with Gasteiger partial charge in [0.25, 0.3) is 0 Å². The van der Waals surface area contributed by atoms with Crippen molar-refractivity contribution in [1.82, 2.24) is 5.32 Å². The van der Waals surface area contributed by atoms with Crippen molar-refractivity contribution in [1.29, 1.82) is 0 Å². The number of rotatable bonds is 6. The second-order valence-corrected chi connectivity index (χ2v) is 5.27.